The summed E-state index contributed by atoms with van der Waals surface area (Å²) in [5, 5.41) is 8.37. The minimum absolute atomic E-state index is 0.249. The van der Waals surface area contributed by atoms with Gasteiger partial charge in [-0.25, -0.2) is 4.68 Å². The molecular formula is C23H23N3O3. The Balaban J connectivity index is 1.54. The molecule has 6 nitrogen and oxygen atoms in total. The Morgan fingerprint density at radius 2 is 1.97 bits per heavy atom. The Morgan fingerprint density at radius 1 is 1.17 bits per heavy atom. The maximum atomic E-state index is 12.8. The van der Waals surface area contributed by atoms with E-state index in [4.69, 9.17) is 9.15 Å². The van der Waals surface area contributed by atoms with Crippen LogP contribution >= 0.6 is 0 Å². The second kappa shape index (κ2) is 7.83. The minimum Gasteiger partial charge on any atom is -0.490 e. The molecule has 2 aromatic carbocycles. The number of hydrogen-bond donors (Lipinski definition) is 1. The maximum Gasteiger partial charge on any atom is 0.272 e. The molecule has 0 bridgehead atoms. The molecule has 29 heavy (non-hydrogen) atoms. The summed E-state index contributed by atoms with van der Waals surface area (Å²) >= 11 is 0. The lowest BCUT2D eigenvalue weighted by molar-refractivity contribution is 0.0930. The van der Waals surface area contributed by atoms with Gasteiger partial charge >= 0.3 is 0 Å². The highest BCUT2D eigenvalue weighted by molar-refractivity contribution is 5.93. The van der Waals surface area contributed by atoms with Gasteiger partial charge in [0, 0.05) is 11.1 Å². The highest BCUT2D eigenvalue weighted by Gasteiger charge is 2.19. The van der Waals surface area contributed by atoms with Crippen LogP contribution in [-0.2, 0) is 0 Å². The van der Waals surface area contributed by atoms with Gasteiger partial charge in [-0.1, -0.05) is 30.3 Å². The first kappa shape index (κ1) is 18.8. The van der Waals surface area contributed by atoms with E-state index in [1.165, 1.54) is 0 Å². The van der Waals surface area contributed by atoms with Crippen LogP contribution in [0.5, 0.6) is 5.75 Å². The average molecular weight is 389 g/mol. The Labute approximate surface area is 169 Å². The van der Waals surface area contributed by atoms with E-state index in [1.807, 2.05) is 75.4 Å². The molecule has 148 valence electrons. The van der Waals surface area contributed by atoms with Crippen molar-refractivity contribution in [3.8, 4) is 11.4 Å². The number of fused-ring (bicyclic) bond motifs is 1. The molecule has 0 fully saturated rings. The van der Waals surface area contributed by atoms with Gasteiger partial charge in [-0.2, -0.15) is 5.10 Å². The first-order valence-electron chi connectivity index (χ1n) is 9.65. The number of hydrogen-bond acceptors (Lipinski definition) is 4. The largest absolute Gasteiger partial charge is 0.490 e. The van der Waals surface area contributed by atoms with E-state index in [9.17, 15) is 4.79 Å². The Kier molecular flexibility index (Phi) is 5.08. The van der Waals surface area contributed by atoms with E-state index < -0.39 is 0 Å². The third kappa shape index (κ3) is 3.74. The summed E-state index contributed by atoms with van der Waals surface area (Å²) in [6.45, 7) is 6.30. The van der Waals surface area contributed by atoms with Crippen molar-refractivity contribution in [2.45, 2.75) is 26.8 Å². The van der Waals surface area contributed by atoms with E-state index in [0.717, 1.165) is 16.8 Å². The molecule has 0 spiro atoms. The van der Waals surface area contributed by atoms with Crippen LogP contribution in [0.15, 0.2) is 65.1 Å². The number of aromatic nitrogens is 2. The van der Waals surface area contributed by atoms with E-state index in [-0.39, 0.29) is 11.9 Å². The van der Waals surface area contributed by atoms with Crippen molar-refractivity contribution in [1.29, 1.82) is 0 Å². The number of benzene rings is 2. The molecule has 4 aromatic rings. The summed E-state index contributed by atoms with van der Waals surface area (Å²) in [7, 11) is 0. The molecule has 0 aliphatic heterocycles. The smallest absolute Gasteiger partial charge is 0.272 e. The van der Waals surface area contributed by atoms with Gasteiger partial charge in [-0.15, -0.1) is 0 Å². The van der Waals surface area contributed by atoms with Crippen LogP contribution in [0.2, 0.25) is 0 Å². The summed E-state index contributed by atoms with van der Waals surface area (Å²) in [5.74, 6) is 1.12. The van der Waals surface area contributed by atoms with Crippen LogP contribution in [0, 0.1) is 6.92 Å². The molecule has 1 N–H and O–H groups in total. The molecule has 6 heteroatoms. The molecule has 1 amide bonds. The number of nitrogens with zero attached hydrogens (tertiary/aromatic N) is 2. The van der Waals surface area contributed by atoms with Crippen LogP contribution in [0.25, 0.3) is 16.7 Å². The highest BCUT2D eigenvalue weighted by atomic mass is 16.5. The van der Waals surface area contributed by atoms with Gasteiger partial charge in [-0.05, 0) is 51.1 Å². The van der Waals surface area contributed by atoms with Crippen molar-refractivity contribution < 1.29 is 13.9 Å². The zero-order valence-electron chi connectivity index (χ0n) is 16.7. The molecule has 2 heterocycles. The van der Waals surface area contributed by atoms with E-state index in [2.05, 4.69) is 10.4 Å². The number of amides is 1. The van der Waals surface area contributed by atoms with Gasteiger partial charge in [0.15, 0.2) is 17.0 Å². The zero-order valence-corrected chi connectivity index (χ0v) is 16.7. The fourth-order valence-corrected chi connectivity index (χ4v) is 3.30. The lowest BCUT2D eigenvalue weighted by Crippen LogP contribution is -2.26. The van der Waals surface area contributed by atoms with Crippen LogP contribution in [0.1, 0.15) is 41.8 Å². The summed E-state index contributed by atoms with van der Waals surface area (Å²) < 4.78 is 13.4. The number of rotatable bonds is 6. The summed E-state index contributed by atoms with van der Waals surface area (Å²) in [6, 6.07) is 18.9. The summed E-state index contributed by atoms with van der Waals surface area (Å²) in [4.78, 5) is 12.8. The number of nitrogens with one attached hydrogen (secondary N) is 1. The molecule has 0 saturated heterocycles. The van der Waals surface area contributed by atoms with Gasteiger partial charge in [0.05, 0.1) is 18.3 Å². The Morgan fingerprint density at radius 3 is 2.72 bits per heavy atom. The first-order valence-corrected chi connectivity index (χ1v) is 9.65. The van der Waals surface area contributed by atoms with Gasteiger partial charge in [0.25, 0.3) is 5.91 Å². The van der Waals surface area contributed by atoms with Crippen LogP contribution < -0.4 is 10.1 Å². The monoisotopic (exact) mass is 389 g/mol. The predicted molar refractivity (Wildman–Crippen MR) is 112 cm³/mol. The fourth-order valence-electron chi connectivity index (χ4n) is 3.30. The second-order valence-corrected chi connectivity index (χ2v) is 6.87. The molecule has 4 rings (SSSR count). The SMILES string of the molecule is CCOc1cccc2cc(C(C)NC(=O)c3cc(C)n(-c4ccccc4)n3)oc12. The molecule has 0 radical (unpaired) electrons. The van der Waals surface area contributed by atoms with Crippen molar-refractivity contribution in [3.63, 3.8) is 0 Å². The number of carbonyl (C=O) groups excluding carboxylic acids is 1. The predicted octanol–water partition coefficient (Wildman–Crippen LogP) is 4.82. The van der Waals surface area contributed by atoms with Crippen molar-refractivity contribution in [2.24, 2.45) is 0 Å². The highest BCUT2D eigenvalue weighted by Crippen LogP contribution is 2.31. The van der Waals surface area contributed by atoms with Gasteiger partial charge in [0.1, 0.15) is 5.76 Å². The number of para-hydroxylation sites is 2. The van der Waals surface area contributed by atoms with Crippen LogP contribution in [0.3, 0.4) is 0 Å². The summed E-state index contributed by atoms with van der Waals surface area (Å²) in [5.41, 5.74) is 2.86. The molecular weight excluding hydrogens is 366 g/mol. The molecule has 1 unspecified atom stereocenters. The Bertz CT molecular complexity index is 1140. The van der Waals surface area contributed by atoms with Gasteiger partial charge in [-0.3, -0.25) is 4.79 Å². The van der Waals surface area contributed by atoms with Crippen LogP contribution in [-0.4, -0.2) is 22.3 Å². The second-order valence-electron chi connectivity index (χ2n) is 6.87. The number of furan rings is 1. The van der Waals surface area contributed by atoms with E-state index in [1.54, 1.807) is 10.7 Å². The zero-order chi connectivity index (χ0) is 20.4. The summed E-state index contributed by atoms with van der Waals surface area (Å²) in [6.07, 6.45) is 0. The quantitative estimate of drug-likeness (QED) is 0.513. The molecule has 0 aliphatic carbocycles. The minimum atomic E-state index is -0.313. The fraction of sp³-hybridized carbons (Fsp3) is 0.217. The van der Waals surface area contributed by atoms with Crippen molar-refractivity contribution in [3.05, 3.63) is 77.8 Å². The van der Waals surface area contributed by atoms with Crippen molar-refractivity contribution in [1.82, 2.24) is 15.1 Å². The standard InChI is InChI=1S/C23H23N3O3/c1-4-28-20-12-8-9-17-14-21(29-22(17)20)16(3)24-23(27)19-13-15(2)26(25-19)18-10-6-5-7-11-18/h5-14,16H,4H2,1-3H3,(H,24,27). The number of aryl methyl sites for hydroxylation is 1. The normalized spacial score (nSPS) is 12.1. The molecule has 0 saturated carbocycles. The lowest BCUT2D eigenvalue weighted by atomic mass is 10.2. The van der Waals surface area contributed by atoms with Gasteiger partial charge < -0.3 is 14.5 Å². The Hall–Kier alpha value is -3.54. The first-order chi connectivity index (χ1) is 14.1. The molecule has 1 atom stereocenters. The number of ether oxygens (including phenoxy) is 1. The topological polar surface area (TPSA) is 69.3 Å². The van der Waals surface area contributed by atoms with E-state index in [0.29, 0.717) is 29.4 Å². The van der Waals surface area contributed by atoms with Gasteiger partial charge in [0.2, 0.25) is 0 Å². The van der Waals surface area contributed by atoms with Crippen molar-refractivity contribution in [2.75, 3.05) is 6.61 Å². The van der Waals surface area contributed by atoms with Crippen LogP contribution in [0.4, 0.5) is 0 Å². The maximum absolute atomic E-state index is 12.8. The van der Waals surface area contributed by atoms with E-state index >= 15 is 0 Å². The average Bonchev–Trinajstić information content (AvgIpc) is 3.33. The number of carbonyl (C=O) groups is 1. The third-order valence-electron chi connectivity index (χ3n) is 4.72. The lowest BCUT2D eigenvalue weighted by Gasteiger charge is -2.10. The molecule has 2 aromatic heterocycles. The third-order valence-corrected chi connectivity index (χ3v) is 4.72. The van der Waals surface area contributed by atoms with Crippen molar-refractivity contribution >= 4 is 16.9 Å². The molecule has 0 aliphatic rings.